The number of H-pyrrole nitrogens is 1. The highest BCUT2D eigenvalue weighted by molar-refractivity contribution is 7.98. The van der Waals surface area contributed by atoms with E-state index in [0.29, 0.717) is 16.3 Å². The smallest absolute Gasteiger partial charge is 0.256 e. The number of carbonyl (C=O) groups is 1. The van der Waals surface area contributed by atoms with E-state index in [1.807, 2.05) is 49.6 Å². The summed E-state index contributed by atoms with van der Waals surface area (Å²) in [5.74, 6) is -0.170. The van der Waals surface area contributed by atoms with Crippen molar-refractivity contribution in [3.63, 3.8) is 0 Å². The predicted octanol–water partition coefficient (Wildman–Crippen LogP) is 6.68. The highest BCUT2D eigenvalue weighted by Gasteiger charge is 2.15. The maximum atomic E-state index is 13.2. The lowest BCUT2D eigenvalue weighted by Crippen LogP contribution is -2.13. The van der Waals surface area contributed by atoms with E-state index in [2.05, 4.69) is 33.7 Å². The molecule has 0 bridgehead atoms. The van der Waals surface area contributed by atoms with Crippen LogP contribution in [0.5, 0.6) is 0 Å². The first-order valence-corrected chi connectivity index (χ1v) is 11.0. The highest BCUT2D eigenvalue weighted by Crippen LogP contribution is 2.31. The van der Waals surface area contributed by atoms with E-state index in [1.165, 1.54) is 5.56 Å². The zero-order chi connectivity index (χ0) is 21.1. The third-order valence-corrected chi connectivity index (χ3v) is 5.90. The minimum Gasteiger partial charge on any atom is -0.322 e. The van der Waals surface area contributed by atoms with Crippen LogP contribution >= 0.6 is 23.4 Å². The molecule has 0 saturated heterocycles. The number of nitrogens with one attached hydrogen (secondary N) is 2. The Morgan fingerprint density at radius 3 is 2.50 bits per heavy atom. The second kappa shape index (κ2) is 8.78. The molecule has 0 spiro atoms. The minimum absolute atomic E-state index is 0.170. The number of halogens is 1. The van der Waals surface area contributed by atoms with Gasteiger partial charge >= 0.3 is 0 Å². The maximum Gasteiger partial charge on any atom is 0.256 e. The molecule has 1 aromatic heterocycles. The maximum absolute atomic E-state index is 13.2. The van der Waals surface area contributed by atoms with Gasteiger partial charge in [-0.05, 0) is 66.8 Å². The monoisotopic (exact) mass is 433 g/mol. The van der Waals surface area contributed by atoms with Crippen molar-refractivity contribution in [1.82, 2.24) is 10.2 Å². The Morgan fingerprint density at radius 1 is 1.00 bits per heavy atom. The molecule has 0 aliphatic heterocycles. The van der Waals surface area contributed by atoms with Gasteiger partial charge in [-0.3, -0.25) is 9.89 Å². The van der Waals surface area contributed by atoms with E-state index in [4.69, 9.17) is 11.6 Å². The van der Waals surface area contributed by atoms with E-state index >= 15 is 0 Å². The van der Waals surface area contributed by atoms with Crippen LogP contribution in [0.1, 0.15) is 15.9 Å². The molecule has 0 unspecified atom stereocenters. The third kappa shape index (κ3) is 4.27. The quantitative estimate of drug-likeness (QED) is 0.345. The number of hydrogen-bond acceptors (Lipinski definition) is 3. The van der Waals surface area contributed by atoms with Gasteiger partial charge in [0.15, 0.2) is 0 Å². The molecular weight excluding hydrogens is 414 g/mol. The average molecular weight is 434 g/mol. The third-order valence-electron chi connectivity index (χ3n) is 4.85. The molecule has 1 heterocycles. The molecule has 0 aliphatic rings. The second-order valence-corrected chi connectivity index (χ2v) is 8.18. The van der Waals surface area contributed by atoms with Crippen molar-refractivity contribution >= 4 is 35.0 Å². The Labute approximate surface area is 184 Å². The summed E-state index contributed by atoms with van der Waals surface area (Å²) in [4.78, 5) is 14.3. The number of anilines is 1. The standard InChI is InChI=1S/C24H20ClN3OS/c1-15-3-5-16(6-4-15)20-14-18(30-2)8-9-19(20)24(29)27-17-7-10-22(25)21(13-17)23-11-12-26-28-23/h3-14H,1-2H3,(H,26,28)(H,27,29). The molecule has 30 heavy (non-hydrogen) atoms. The summed E-state index contributed by atoms with van der Waals surface area (Å²) in [5.41, 5.74) is 5.95. The zero-order valence-corrected chi connectivity index (χ0v) is 18.1. The highest BCUT2D eigenvalue weighted by atomic mass is 35.5. The van der Waals surface area contributed by atoms with Gasteiger partial charge in [-0.2, -0.15) is 5.10 Å². The van der Waals surface area contributed by atoms with Gasteiger partial charge in [-0.25, -0.2) is 0 Å². The van der Waals surface area contributed by atoms with Gasteiger partial charge in [-0.1, -0.05) is 41.4 Å². The number of amides is 1. The average Bonchev–Trinajstić information content (AvgIpc) is 3.30. The van der Waals surface area contributed by atoms with Crippen molar-refractivity contribution in [3.05, 3.63) is 89.1 Å². The summed E-state index contributed by atoms with van der Waals surface area (Å²) < 4.78 is 0. The fourth-order valence-electron chi connectivity index (χ4n) is 3.23. The molecule has 0 saturated carbocycles. The molecule has 3 aromatic carbocycles. The first kappa shape index (κ1) is 20.3. The Bertz CT molecular complexity index is 1190. The molecule has 150 valence electrons. The number of aromatic nitrogens is 2. The SMILES string of the molecule is CSc1ccc(C(=O)Nc2ccc(Cl)c(-c3ccn[nH]3)c2)c(-c2ccc(C)cc2)c1. The lowest BCUT2D eigenvalue weighted by Gasteiger charge is -2.13. The van der Waals surface area contributed by atoms with Gasteiger partial charge in [0, 0.05) is 27.9 Å². The van der Waals surface area contributed by atoms with Gasteiger partial charge in [-0.15, -0.1) is 11.8 Å². The minimum atomic E-state index is -0.170. The molecule has 0 fully saturated rings. The predicted molar refractivity (Wildman–Crippen MR) is 125 cm³/mol. The summed E-state index contributed by atoms with van der Waals surface area (Å²) in [6, 6.07) is 21.3. The van der Waals surface area contributed by atoms with Gasteiger partial charge in [0.25, 0.3) is 5.91 Å². The molecule has 0 aliphatic carbocycles. The van der Waals surface area contributed by atoms with E-state index in [-0.39, 0.29) is 5.91 Å². The Hall–Kier alpha value is -3.02. The normalized spacial score (nSPS) is 10.8. The number of aromatic amines is 1. The first-order chi connectivity index (χ1) is 14.5. The molecule has 6 heteroatoms. The summed E-state index contributed by atoms with van der Waals surface area (Å²) in [5, 5.41) is 10.5. The first-order valence-electron chi connectivity index (χ1n) is 9.41. The van der Waals surface area contributed by atoms with Gasteiger partial charge in [0.1, 0.15) is 0 Å². The molecule has 1 amide bonds. The van der Waals surface area contributed by atoms with Crippen LogP contribution < -0.4 is 5.32 Å². The van der Waals surface area contributed by atoms with E-state index < -0.39 is 0 Å². The van der Waals surface area contributed by atoms with E-state index in [1.54, 1.807) is 30.1 Å². The molecule has 4 rings (SSSR count). The number of carbonyl (C=O) groups excluding carboxylic acids is 1. The lowest BCUT2D eigenvalue weighted by molar-refractivity contribution is 0.102. The number of nitrogens with zero attached hydrogens (tertiary/aromatic N) is 1. The number of hydrogen-bond donors (Lipinski definition) is 2. The van der Waals surface area contributed by atoms with Crippen molar-refractivity contribution in [2.24, 2.45) is 0 Å². The van der Waals surface area contributed by atoms with E-state index in [9.17, 15) is 4.79 Å². The lowest BCUT2D eigenvalue weighted by atomic mass is 9.98. The van der Waals surface area contributed by atoms with Crippen molar-refractivity contribution in [1.29, 1.82) is 0 Å². The molecule has 0 radical (unpaired) electrons. The summed E-state index contributed by atoms with van der Waals surface area (Å²) in [6.45, 7) is 2.05. The van der Waals surface area contributed by atoms with Crippen LogP contribution in [-0.4, -0.2) is 22.4 Å². The largest absolute Gasteiger partial charge is 0.322 e. The Balaban J connectivity index is 1.69. The van der Waals surface area contributed by atoms with Crippen LogP contribution in [0.15, 0.2) is 77.8 Å². The molecule has 2 N–H and O–H groups in total. The molecule has 4 nitrogen and oxygen atoms in total. The molecule has 0 atom stereocenters. The van der Waals surface area contributed by atoms with Gasteiger partial charge in [0.2, 0.25) is 0 Å². The summed E-state index contributed by atoms with van der Waals surface area (Å²) in [7, 11) is 0. The number of aryl methyl sites for hydroxylation is 1. The Morgan fingerprint density at radius 2 is 1.80 bits per heavy atom. The second-order valence-electron chi connectivity index (χ2n) is 6.90. The topological polar surface area (TPSA) is 57.8 Å². The summed E-state index contributed by atoms with van der Waals surface area (Å²) >= 11 is 7.98. The molecular formula is C24H20ClN3OS. The van der Waals surface area contributed by atoms with Crippen LogP contribution in [0.2, 0.25) is 5.02 Å². The van der Waals surface area contributed by atoms with Crippen LogP contribution in [0.3, 0.4) is 0 Å². The Kier molecular flexibility index (Phi) is 5.93. The fourth-order valence-corrected chi connectivity index (χ4v) is 3.89. The van der Waals surface area contributed by atoms with Crippen LogP contribution in [-0.2, 0) is 0 Å². The van der Waals surface area contributed by atoms with Crippen LogP contribution in [0, 0.1) is 6.92 Å². The zero-order valence-electron chi connectivity index (χ0n) is 16.6. The molecule has 4 aromatic rings. The van der Waals surface area contributed by atoms with Crippen molar-refractivity contribution < 1.29 is 4.79 Å². The van der Waals surface area contributed by atoms with Crippen LogP contribution in [0.4, 0.5) is 5.69 Å². The van der Waals surface area contributed by atoms with Crippen LogP contribution in [0.25, 0.3) is 22.4 Å². The number of rotatable bonds is 5. The number of benzene rings is 3. The van der Waals surface area contributed by atoms with Crippen molar-refractivity contribution in [2.45, 2.75) is 11.8 Å². The summed E-state index contributed by atoms with van der Waals surface area (Å²) in [6.07, 6.45) is 3.69. The van der Waals surface area contributed by atoms with E-state index in [0.717, 1.165) is 27.3 Å². The van der Waals surface area contributed by atoms with Crippen molar-refractivity contribution in [3.8, 4) is 22.4 Å². The fraction of sp³-hybridized carbons (Fsp3) is 0.0833. The van der Waals surface area contributed by atoms with Gasteiger partial charge in [0.05, 0.1) is 10.7 Å². The van der Waals surface area contributed by atoms with Gasteiger partial charge < -0.3 is 5.32 Å². The van der Waals surface area contributed by atoms with Crippen molar-refractivity contribution in [2.75, 3.05) is 11.6 Å². The number of thioether (sulfide) groups is 1.